The molecular formula is C9H13NO6S. The number of carboxylic acids is 1. The van der Waals surface area contributed by atoms with Gasteiger partial charge in [-0.2, -0.15) is 0 Å². The van der Waals surface area contributed by atoms with Crippen molar-refractivity contribution in [2.75, 3.05) is 6.61 Å². The molecule has 96 valence electrons. The van der Waals surface area contributed by atoms with Crippen LogP contribution in [0.3, 0.4) is 0 Å². The van der Waals surface area contributed by atoms with Crippen molar-refractivity contribution in [3.63, 3.8) is 0 Å². The number of aliphatic hydroxyl groups excluding tert-OH is 1. The zero-order chi connectivity index (χ0) is 13.1. The van der Waals surface area contributed by atoms with Crippen LogP contribution >= 0.6 is 0 Å². The topological polar surface area (TPSA) is 117 Å². The number of nitrogens with one attached hydrogen (secondary N) is 1. The first-order valence-corrected chi connectivity index (χ1v) is 6.35. The van der Waals surface area contributed by atoms with Crippen molar-refractivity contribution < 1.29 is 27.8 Å². The average molecular weight is 263 g/mol. The van der Waals surface area contributed by atoms with Gasteiger partial charge in [-0.05, 0) is 18.6 Å². The van der Waals surface area contributed by atoms with E-state index in [2.05, 4.69) is 9.14 Å². The lowest BCUT2D eigenvalue weighted by Crippen LogP contribution is -2.36. The summed E-state index contributed by atoms with van der Waals surface area (Å²) in [7, 11) is -3.94. The number of carbonyl (C=O) groups is 1. The Labute approximate surface area is 98.1 Å². The van der Waals surface area contributed by atoms with Gasteiger partial charge in [-0.25, -0.2) is 17.9 Å². The van der Waals surface area contributed by atoms with Crippen LogP contribution in [0.1, 0.15) is 23.9 Å². The number of hydrogen-bond donors (Lipinski definition) is 3. The van der Waals surface area contributed by atoms with Gasteiger partial charge in [-0.1, -0.05) is 6.92 Å². The second-order valence-corrected chi connectivity index (χ2v) is 4.98. The van der Waals surface area contributed by atoms with Crippen molar-refractivity contribution in [3.05, 3.63) is 17.9 Å². The van der Waals surface area contributed by atoms with Crippen LogP contribution in [0.15, 0.2) is 21.6 Å². The van der Waals surface area contributed by atoms with E-state index < -0.39 is 32.9 Å². The fourth-order valence-electron chi connectivity index (χ4n) is 1.11. The smallest absolute Gasteiger partial charge is 0.371 e. The molecule has 0 radical (unpaired) electrons. The molecule has 0 fully saturated rings. The summed E-state index contributed by atoms with van der Waals surface area (Å²) in [5.41, 5.74) is 0. The number of furan rings is 1. The van der Waals surface area contributed by atoms with Crippen molar-refractivity contribution in [2.45, 2.75) is 24.5 Å². The van der Waals surface area contributed by atoms with Gasteiger partial charge in [0.1, 0.15) is 0 Å². The molecule has 0 saturated carbocycles. The Bertz CT molecular complexity index is 487. The zero-order valence-electron chi connectivity index (χ0n) is 9.08. The molecular weight excluding hydrogens is 250 g/mol. The highest BCUT2D eigenvalue weighted by Crippen LogP contribution is 2.14. The Balaban J connectivity index is 2.93. The lowest BCUT2D eigenvalue weighted by Gasteiger charge is -2.12. The lowest BCUT2D eigenvalue weighted by atomic mass is 10.3. The number of carboxylic acid groups (broad SMARTS) is 1. The maximum Gasteiger partial charge on any atom is 0.371 e. The molecule has 1 atom stereocenters. The van der Waals surface area contributed by atoms with Crippen LogP contribution in [0.2, 0.25) is 0 Å². The number of aliphatic hydroxyl groups is 1. The van der Waals surface area contributed by atoms with Gasteiger partial charge < -0.3 is 14.6 Å². The van der Waals surface area contributed by atoms with E-state index in [1.807, 2.05) is 0 Å². The summed E-state index contributed by atoms with van der Waals surface area (Å²) in [5.74, 6) is -1.80. The molecule has 0 saturated heterocycles. The summed E-state index contributed by atoms with van der Waals surface area (Å²) >= 11 is 0. The highest BCUT2D eigenvalue weighted by Gasteiger charge is 2.23. The summed E-state index contributed by atoms with van der Waals surface area (Å²) in [5, 5.41) is 17.0. The highest BCUT2D eigenvalue weighted by molar-refractivity contribution is 7.89. The van der Waals surface area contributed by atoms with Crippen LogP contribution in [0.25, 0.3) is 0 Å². The predicted octanol–water partition coefficient (Wildman–Crippen LogP) is 0.0270. The maximum atomic E-state index is 11.7. The predicted molar refractivity (Wildman–Crippen MR) is 57.2 cm³/mol. The summed E-state index contributed by atoms with van der Waals surface area (Å²) in [6.45, 7) is 1.36. The quantitative estimate of drug-likeness (QED) is 0.666. The molecule has 0 bridgehead atoms. The number of aromatic carboxylic acids is 1. The molecule has 1 rings (SSSR count). The van der Waals surface area contributed by atoms with Gasteiger partial charge in [0.15, 0.2) is 0 Å². The molecule has 0 aliphatic carbocycles. The average Bonchev–Trinajstić information content (AvgIpc) is 2.75. The molecule has 17 heavy (non-hydrogen) atoms. The molecule has 0 aliphatic heterocycles. The van der Waals surface area contributed by atoms with Crippen molar-refractivity contribution in [1.29, 1.82) is 0 Å². The number of rotatable bonds is 6. The molecule has 1 aromatic heterocycles. The molecule has 0 spiro atoms. The third kappa shape index (κ3) is 3.29. The highest BCUT2D eigenvalue weighted by atomic mass is 32.2. The SMILES string of the molecule is CCC(CO)NS(=O)(=O)c1ccc(C(=O)O)o1. The van der Waals surface area contributed by atoms with E-state index in [4.69, 9.17) is 10.2 Å². The minimum Gasteiger partial charge on any atom is -0.475 e. The minimum absolute atomic E-state index is 0.345. The molecule has 1 aromatic rings. The largest absolute Gasteiger partial charge is 0.475 e. The summed E-state index contributed by atoms with van der Waals surface area (Å²) < 4.78 is 30.2. The van der Waals surface area contributed by atoms with Gasteiger partial charge in [-0.3, -0.25) is 0 Å². The minimum atomic E-state index is -3.94. The van der Waals surface area contributed by atoms with Gasteiger partial charge in [0.05, 0.1) is 6.61 Å². The maximum absolute atomic E-state index is 11.7. The molecule has 8 heteroatoms. The Morgan fingerprint density at radius 3 is 2.59 bits per heavy atom. The van der Waals surface area contributed by atoms with Crippen LogP contribution in [0.4, 0.5) is 0 Å². The first-order chi connectivity index (χ1) is 7.90. The van der Waals surface area contributed by atoms with Gasteiger partial charge >= 0.3 is 5.97 Å². The van der Waals surface area contributed by atoms with Crippen LogP contribution in [0, 0.1) is 0 Å². The van der Waals surface area contributed by atoms with E-state index in [0.29, 0.717) is 6.42 Å². The van der Waals surface area contributed by atoms with E-state index >= 15 is 0 Å². The van der Waals surface area contributed by atoms with Crippen LogP contribution < -0.4 is 4.72 Å². The second kappa shape index (κ2) is 5.30. The molecule has 0 aromatic carbocycles. The van der Waals surface area contributed by atoms with E-state index in [0.717, 1.165) is 12.1 Å². The van der Waals surface area contributed by atoms with Crippen molar-refractivity contribution in [2.24, 2.45) is 0 Å². The fourth-order valence-corrected chi connectivity index (χ4v) is 2.35. The second-order valence-electron chi connectivity index (χ2n) is 3.33. The van der Waals surface area contributed by atoms with Gasteiger partial charge in [0, 0.05) is 6.04 Å². The van der Waals surface area contributed by atoms with E-state index in [1.54, 1.807) is 6.92 Å². The Morgan fingerprint density at radius 2 is 2.18 bits per heavy atom. The Kier molecular flexibility index (Phi) is 4.27. The molecule has 1 unspecified atom stereocenters. The molecule has 0 aliphatic rings. The monoisotopic (exact) mass is 263 g/mol. The van der Waals surface area contributed by atoms with Crippen molar-refractivity contribution in [1.82, 2.24) is 4.72 Å². The van der Waals surface area contributed by atoms with Crippen LogP contribution in [-0.2, 0) is 10.0 Å². The summed E-state index contributed by atoms with van der Waals surface area (Å²) in [4.78, 5) is 10.5. The molecule has 7 nitrogen and oxygen atoms in total. The third-order valence-electron chi connectivity index (χ3n) is 2.09. The van der Waals surface area contributed by atoms with E-state index in [1.165, 1.54) is 0 Å². The Hall–Kier alpha value is -1.38. The summed E-state index contributed by atoms with van der Waals surface area (Å²) in [6.07, 6.45) is 0.405. The van der Waals surface area contributed by atoms with Crippen LogP contribution in [0.5, 0.6) is 0 Å². The van der Waals surface area contributed by atoms with Gasteiger partial charge in [-0.15, -0.1) is 0 Å². The van der Waals surface area contributed by atoms with E-state index in [-0.39, 0.29) is 6.61 Å². The summed E-state index contributed by atoms with van der Waals surface area (Å²) in [6, 6.07) is 1.48. The van der Waals surface area contributed by atoms with Crippen molar-refractivity contribution >= 4 is 16.0 Å². The number of sulfonamides is 1. The standard InChI is InChI=1S/C9H13NO6S/c1-2-6(5-11)10-17(14,15)8-4-3-7(16-8)9(12)13/h3-4,6,10-11H,2,5H2,1H3,(H,12,13). The van der Waals surface area contributed by atoms with Crippen LogP contribution in [-0.4, -0.2) is 37.2 Å². The first kappa shape index (κ1) is 13.7. The third-order valence-corrected chi connectivity index (χ3v) is 3.48. The van der Waals surface area contributed by atoms with Gasteiger partial charge in [0.2, 0.25) is 10.9 Å². The van der Waals surface area contributed by atoms with Crippen molar-refractivity contribution in [3.8, 4) is 0 Å². The molecule has 3 N–H and O–H groups in total. The normalized spacial score (nSPS) is 13.5. The first-order valence-electron chi connectivity index (χ1n) is 4.87. The number of hydrogen-bond acceptors (Lipinski definition) is 5. The van der Waals surface area contributed by atoms with Gasteiger partial charge in [0.25, 0.3) is 10.0 Å². The fraction of sp³-hybridized carbons (Fsp3) is 0.444. The molecule has 0 amide bonds. The zero-order valence-corrected chi connectivity index (χ0v) is 9.90. The van der Waals surface area contributed by atoms with E-state index in [9.17, 15) is 13.2 Å². The lowest BCUT2D eigenvalue weighted by molar-refractivity contribution is 0.0656. The Morgan fingerprint density at radius 1 is 1.53 bits per heavy atom. The molecule has 1 heterocycles.